The first-order valence-electron chi connectivity index (χ1n) is 5.94. The second kappa shape index (κ2) is 4.85. The fourth-order valence-corrected chi connectivity index (χ4v) is 2.86. The van der Waals surface area contributed by atoms with Gasteiger partial charge in [0.25, 0.3) is 0 Å². The van der Waals surface area contributed by atoms with Gasteiger partial charge in [-0.1, -0.05) is 12.1 Å². The van der Waals surface area contributed by atoms with E-state index in [1.807, 2.05) is 12.1 Å². The van der Waals surface area contributed by atoms with Crippen molar-refractivity contribution in [2.75, 3.05) is 5.32 Å². The number of phenolic OH excluding ortho intramolecular Hbond substituents is 1. The Morgan fingerprint density at radius 1 is 1.21 bits per heavy atom. The summed E-state index contributed by atoms with van der Waals surface area (Å²) >= 11 is 1.65. The molecule has 0 unspecified atom stereocenters. The molecule has 3 rings (SSSR count). The van der Waals surface area contributed by atoms with Crippen molar-refractivity contribution in [3.8, 4) is 5.75 Å². The summed E-state index contributed by atoms with van der Waals surface area (Å²) in [5.41, 5.74) is 3.28. The first-order chi connectivity index (χ1) is 9.24. The molecule has 0 aliphatic rings. The van der Waals surface area contributed by atoms with Gasteiger partial charge in [0.1, 0.15) is 17.9 Å². The predicted molar refractivity (Wildman–Crippen MR) is 77.6 cm³/mol. The van der Waals surface area contributed by atoms with Crippen LogP contribution in [0.5, 0.6) is 5.75 Å². The minimum atomic E-state index is 0.280. The predicted octanol–water partition coefficient (Wildman–Crippen LogP) is 3.32. The van der Waals surface area contributed by atoms with Gasteiger partial charge in [-0.15, -0.1) is 11.3 Å². The SMILES string of the molecule is Cc1csc2c(NCc3ccc(O)cc3)ncnc12. The summed E-state index contributed by atoms with van der Waals surface area (Å²) < 4.78 is 1.08. The quantitative estimate of drug-likeness (QED) is 0.767. The topological polar surface area (TPSA) is 58.0 Å². The first kappa shape index (κ1) is 11.9. The number of fused-ring (bicyclic) bond motifs is 1. The molecule has 0 spiro atoms. The van der Waals surface area contributed by atoms with Crippen molar-refractivity contribution in [1.29, 1.82) is 0 Å². The van der Waals surface area contributed by atoms with E-state index >= 15 is 0 Å². The van der Waals surface area contributed by atoms with Crippen LogP contribution in [0.25, 0.3) is 10.2 Å². The summed E-state index contributed by atoms with van der Waals surface area (Å²) in [6, 6.07) is 7.14. The Balaban J connectivity index is 1.83. The number of rotatable bonds is 3. The summed E-state index contributed by atoms with van der Waals surface area (Å²) in [7, 11) is 0. The van der Waals surface area contributed by atoms with E-state index in [1.54, 1.807) is 29.8 Å². The molecule has 96 valence electrons. The summed E-state index contributed by atoms with van der Waals surface area (Å²) in [6.45, 7) is 2.72. The van der Waals surface area contributed by atoms with E-state index in [0.29, 0.717) is 6.54 Å². The number of phenols is 1. The van der Waals surface area contributed by atoms with E-state index in [0.717, 1.165) is 21.6 Å². The highest BCUT2D eigenvalue weighted by Crippen LogP contribution is 2.28. The largest absolute Gasteiger partial charge is 0.508 e. The number of nitrogens with zero attached hydrogens (tertiary/aromatic N) is 2. The number of aromatic hydroxyl groups is 1. The number of hydrogen-bond acceptors (Lipinski definition) is 5. The number of hydrogen-bond donors (Lipinski definition) is 2. The molecule has 0 amide bonds. The molecule has 0 radical (unpaired) electrons. The average Bonchev–Trinajstić information content (AvgIpc) is 2.81. The number of aryl methyl sites for hydroxylation is 1. The zero-order valence-electron chi connectivity index (χ0n) is 10.4. The molecule has 0 saturated carbocycles. The van der Waals surface area contributed by atoms with Crippen LogP contribution in [0, 0.1) is 6.92 Å². The molecular formula is C14H13N3OS. The monoisotopic (exact) mass is 271 g/mol. The van der Waals surface area contributed by atoms with Gasteiger partial charge in [0.15, 0.2) is 0 Å². The highest BCUT2D eigenvalue weighted by atomic mass is 32.1. The van der Waals surface area contributed by atoms with Gasteiger partial charge in [-0.25, -0.2) is 9.97 Å². The van der Waals surface area contributed by atoms with E-state index in [-0.39, 0.29) is 5.75 Å². The number of thiophene rings is 1. The van der Waals surface area contributed by atoms with E-state index in [4.69, 9.17) is 0 Å². The minimum absolute atomic E-state index is 0.280. The maximum Gasteiger partial charge on any atom is 0.147 e. The maximum atomic E-state index is 9.25. The van der Waals surface area contributed by atoms with Gasteiger partial charge in [-0.3, -0.25) is 0 Å². The van der Waals surface area contributed by atoms with Crippen molar-refractivity contribution >= 4 is 27.4 Å². The molecule has 2 N–H and O–H groups in total. The smallest absolute Gasteiger partial charge is 0.147 e. The lowest BCUT2D eigenvalue weighted by molar-refractivity contribution is 0.475. The second-order valence-electron chi connectivity index (χ2n) is 4.34. The van der Waals surface area contributed by atoms with Crippen molar-refractivity contribution in [2.45, 2.75) is 13.5 Å². The summed E-state index contributed by atoms with van der Waals surface area (Å²) in [5, 5.41) is 14.6. The first-order valence-corrected chi connectivity index (χ1v) is 6.82. The van der Waals surface area contributed by atoms with Gasteiger partial charge in [-0.2, -0.15) is 0 Å². The summed E-state index contributed by atoms with van der Waals surface area (Å²) in [6.07, 6.45) is 1.58. The van der Waals surface area contributed by atoms with Crippen LogP contribution >= 0.6 is 11.3 Å². The van der Waals surface area contributed by atoms with Gasteiger partial charge < -0.3 is 10.4 Å². The lowest BCUT2D eigenvalue weighted by atomic mass is 10.2. The molecule has 5 heteroatoms. The third kappa shape index (κ3) is 2.37. The van der Waals surface area contributed by atoms with Crippen LogP contribution in [-0.4, -0.2) is 15.1 Å². The van der Waals surface area contributed by atoms with Crippen LogP contribution in [0.1, 0.15) is 11.1 Å². The van der Waals surface area contributed by atoms with Crippen LogP contribution in [0.3, 0.4) is 0 Å². The van der Waals surface area contributed by atoms with Gasteiger partial charge in [0, 0.05) is 6.54 Å². The van der Waals surface area contributed by atoms with E-state index < -0.39 is 0 Å². The molecular weight excluding hydrogens is 258 g/mol. The number of nitrogens with one attached hydrogen (secondary N) is 1. The van der Waals surface area contributed by atoms with Crippen LogP contribution < -0.4 is 5.32 Å². The molecule has 2 aromatic heterocycles. The Hall–Kier alpha value is -2.14. The van der Waals surface area contributed by atoms with Gasteiger partial charge in [0.05, 0.1) is 10.2 Å². The number of aromatic nitrogens is 2. The molecule has 1 aromatic carbocycles. The standard InChI is InChI=1S/C14H13N3OS/c1-9-7-19-13-12(9)16-8-17-14(13)15-6-10-2-4-11(18)5-3-10/h2-5,7-8,18H,6H2,1H3,(H,15,16,17). The fourth-order valence-electron chi connectivity index (χ4n) is 1.89. The third-order valence-electron chi connectivity index (χ3n) is 2.93. The highest BCUT2D eigenvalue weighted by Gasteiger charge is 2.07. The minimum Gasteiger partial charge on any atom is -0.508 e. The number of anilines is 1. The Morgan fingerprint density at radius 3 is 2.79 bits per heavy atom. The normalized spacial score (nSPS) is 10.8. The van der Waals surface area contributed by atoms with Gasteiger partial charge >= 0.3 is 0 Å². The van der Waals surface area contributed by atoms with Crippen LogP contribution in [-0.2, 0) is 6.54 Å². The zero-order valence-corrected chi connectivity index (χ0v) is 11.2. The Kier molecular flexibility index (Phi) is 3.05. The maximum absolute atomic E-state index is 9.25. The highest BCUT2D eigenvalue weighted by molar-refractivity contribution is 7.18. The van der Waals surface area contributed by atoms with Crippen LogP contribution in [0.4, 0.5) is 5.82 Å². The van der Waals surface area contributed by atoms with E-state index in [1.165, 1.54) is 5.56 Å². The molecule has 0 aliphatic heterocycles. The molecule has 0 aliphatic carbocycles. The lowest BCUT2D eigenvalue weighted by Crippen LogP contribution is -2.01. The third-order valence-corrected chi connectivity index (χ3v) is 4.02. The number of benzene rings is 1. The van der Waals surface area contributed by atoms with Gasteiger partial charge in [-0.05, 0) is 35.6 Å². The molecule has 0 fully saturated rings. The second-order valence-corrected chi connectivity index (χ2v) is 5.22. The van der Waals surface area contributed by atoms with Crippen molar-refractivity contribution < 1.29 is 5.11 Å². The van der Waals surface area contributed by atoms with Crippen molar-refractivity contribution in [3.63, 3.8) is 0 Å². The molecule has 0 atom stereocenters. The summed E-state index contributed by atoms with van der Waals surface area (Å²) in [5.74, 6) is 1.14. The van der Waals surface area contributed by atoms with Crippen molar-refractivity contribution in [1.82, 2.24) is 9.97 Å². The molecule has 19 heavy (non-hydrogen) atoms. The average molecular weight is 271 g/mol. The van der Waals surface area contributed by atoms with Crippen molar-refractivity contribution in [2.24, 2.45) is 0 Å². The molecule has 4 nitrogen and oxygen atoms in total. The Morgan fingerprint density at radius 2 is 2.00 bits per heavy atom. The molecule has 0 bridgehead atoms. The van der Waals surface area contributed by atoms with Crippen LogP contribution in [0.2, 0.25) is 0 Å². The Bertz CT molecular complexity index is 706. The van der Waals surface area contributed by atoms with Crippen LogP contribution in [0.15, 0.2) is 36.0 Å². The van der Waals surface area contributed by atoms with E-state index in [2.05, 4.69) is 27.6 Å². The molecule has 3 aromatic rings. The van der Waals surface area contributed by atoms with E-state index in [9.17, 15) is 5.11 Å². The summed E-state index contributed by atoms with van der Waals surface area (Å²) in [4.78, 5) is 8.59. The fraction of sp³-hybridized carbons (Fsp3) is 0.143. The molecule has 2 heterocycles. The lowest BCUT2D eigenvalue weighted by Gasteiger charge is -2.06. The Labute approximate surface area is 114 Å². The van der Waals surface area contributed by atoms with Crippen molar-refractivity contribution in [3.05, 3.63) is 47.1 Å². The zero-order chi connectivity index (χ0) is 13.2. The molecule has 0 saturated heterocycles. The van der Waals surface area contributed by atoms with Gasteiger partial charge in [0.2, 0.25) is 0 Å².